The topological polar surface area (TPSA) is 71.5 Å². The molecule has 0 aliphatic heterocycles. The zero-order chi connectivity index (χ0) is 17.8. The molecule has 0 bridgehead atoms. The summed E-state index contributed by atoms with van der Waals surface area (Å²) in [5, 5.41) is 14.6. The number of fused-ring (bicyclic) bond motifs is 1. The SMILES string of the molecule is CCC(=O)NC(c1ccc(OC)cc1)c1ccc2cccnc2c1O. The fourth-order valence-corrected chi connectivity index (χ4v) is 2.78. The van der Waals surface area contributed by atoms with Crippen LogP contribution in [-0.2, 0) is 4.79 Å². The van der Waals surface area contributed by atoms with E-state index in [1.54, 1.807) is 20.2 Å². The molecule has 1 atom stereocenters. The predicted molar refractivity (Wildman–Crippen MR) is 96.7 cm³/mol. The van der Waals surface area contributed by atoms with Crippen LogP contribution in [0.15, 0.2) is 54.7 Å². The molecule has 2 N–H and O–H groups in total. The van der Waals surface area contributed by atoms with Crippen molar-refractivity contribution in [1.82, 2.24) is 10.3 Å². The Hall–Kier alpha value is -3.08. The smallest absolute Gasteiger partial charge is 0.220 e. The summed E-state index contributed by atoms with van der Waals surface area (Å²) in [6.07, 6.45) is 2.00. The fourth-order valence-electron chi connectivity index (χ4n) is 2.78. The highest BCUT2D eigenvalue weighted by molar-refractivity contribution is 5.86. The van der Waals surface area contributed by atoms with Gasteiger partial charge in [-0.15, -0.1) is 0 Å². The number of aromatic nitrogens is 1. The number of hydrogen-bond donors (Lipinski definition) is 2. The van der Waals surface area contributed by atoms with E-state index in [2.05, 4.69) is 10.3 Å². The van der Waals surface area contributed by atoms with E-state index in [1.165, 1.54) is 0 Å². The minimum Gasteiger partial charge on any atom is -0.505 e. The molecule has 1 amide bonds. The molecule has 1 unspecified atom stereocenters. The molecular weight excluding hydrogens is 316 g/mol. The number of methoxy groups -OCH3 is 1. The minimum atomic E-state index is -0.468. The van der Waals surface area contributed by atoms with Crippen LogP contribution in [0.4, 0.5) is 0 Å². The van der Waals surface area contributed by atoms with E-state index in [0.29, 0.717) is 17.5 Å². The second-order valence-electron chi connectivity index (χ2n) is 5.71. The Bertz CT molecular complexity index is 891. The zero-order valence-electron chi connectivity index (χ0n) is 14.2. The number of nitrogens with one attached hydrogen (secondary N) is 1. The number of carbonyl (C=O) groups excluding carboxylic acids is 1. The van der Waals surface area contributed by atoms with E-state index in [9.17, 15) is 9.90 Å². The molecule has 3 rings (SSSR count). The summed E-state index contributed by atoms with van der Waals surface area (Å²) in [6.45, 7) is 1.79. The van der Waals surface area contributed by atoms with Gasteiger partial charge in [0.1, 0.15) is 17.0 Å². The number of hydrogen-bond acceptors (Lipinski definition) is 4. The molecule has 5 nitrogen and oxygen atoms in total. The number of carbonyl (C=O) groups is 1. The molecule has 0 saturated carbocycles. The van der Waals surface area contributed by atoms with Gasteiger partial charge >= 0.3 is 0 Å². The van der Waals surface area contributed by atoms with Gasteiger partial charge in [-0.05, 0) is 23.8 Å². The normalized spacial score (nSPS) is 11.9. The van der Waals surface area contributed by atoms with Crippen molar-refractivity contribution in [3.8, 4) is 11.5 Å². The summed E-state index contributed by atoms with van der Waals surface area (Å²) < 4.78 is 5.19. The monoisotopic (exact) mass is 336 g/mol. The van der Waals surface area contributed by atoms with Gasteiger partial charge in [0.05, 0.1) is 13.2 Å². The molecule has 0 aliphatic rings. The number of benzene rings is 2. The molecule has 5 heteroatoms. The van der Waals surface area contributed by atoms with Crippen molar-refractivity contribution in [3.05, 3.63) is 65.9 Å². The molecule has 25 heavy (non-hydrogen) atoms. The highest BCUT2D eigenvalue weighted by Gasteiger charge is 2.21. The number of aromatic hydroxyl groups is 1. The summed E-state index contributed by atoms with van der Waals surface area (Å²) in [5.41, 5.74) is 1.98. The van der Waals surface area contributed by atoms with Crippen LogP contribution in [0.3, 0.4) is 0 Å². The van der Waals surface area contributed by atoms with Crippen LogP contribution in [0, 0.1) is 0 Å². The summed E-state index contributed by atoms with van der Waals surface area (Å²) >= 11 is 0. The predicted octanol–water partition coefficient (Wildman–Crippen LogP) is 3.56. The van der Waals surface area contributed by atoms with Crippen LogP contribution in [0.2, 0.25) is 0 Å². The Morgan fingerprint density at radius 2 is 1.96 bits per heavy atom. The Labute approximate surface area is 146 Å². The van der Waals surface area contributed by atoms with Gasteiger partial charge in [0, 0.05) is 23.6 Å². The lowest BCUT2D eigenvalue weighted by Gasteiger charge is -2.21. The Morgan fingerprint density at radius 1 is 1.20 bits per heavy atom. The molecule has 128 valence electrons. The molecular formula is C20H20N2O3. The third kappa shape index (κ3) is 3.40. The maximum absolute atomic E-state index is 12.0. The Balaban J connectivity index is 2.10. The van der Waals surface area contributed by atoms with Gasteiger partial charge in [-0.3, -0.25) is 9.78 Å². The Kier molecular flexibility index (Phi) is 4.84. The number of phenolic OH excluding ortho intramolecular Hbond substituents is 1. The molecule has 0 saturated heterocycles. The van der Waals surface area contributed by atoms with Crippen molar-refractivity contribution in [2.45, 2.75) is 19.4 Å². The average Bonchev–Trinajstić information content (AvgIpc) is 2.67. The second-order valence-corrected chi connectivity index (χ2v) is 5.71. The summed E-state index contributed by atoms with van der Waals surface area (Å²) in [4.78, 5) is 16.3. The molecule has 0 aliphatic carbocycles. The van der Waals surface area contributed by atoms with E-state index >= 15 is 0 Å². The first-order valence-electron chi connectivity index (χ1n) is 8.14. The van der Waals surface area contributed by atoms with Crippen molar-refractivity contribution < 1.29 is 14.6 Å². The van der Waals surface area contributed by atoms with Crippen molar-refractivity contribution in [3.63, 3.8) is 0 Å². The van der Waals surface area contributed by atoms with Gasteiger partial charge in [0.15, 0.2) is 0 Å². The van der Waals surface area contributed by atoms with E-state index < -0.39 is 6.04 Å². The van der Waals surface area contributed by atoms with Gasteiger partial charge in [-0.1, -0.05) is 37.3 Å². The van der Waals surface area contributed by atoms with Gasteiger partial charge in [0.25, 0.3) is 0 Å². The van der Waals surface area contributed by atoms with Gasteiger partial charge in [-0.2, -0.15) is 0 Å². The summed E-state index contributed by atoms with van der Waals surface area (Å²) in [7, 11) is 1.60. The molecule has 1 heterocycles. The van der Waals surface area contributed by atoms with Crippen LogP contribution < -0.4 is 10.1 Å². The molecule has 3 aromatic rings. The largest absolute Gasteiger partial charge is 0.505 e. The lowest BCUT2D eigenvalue weighted by molar-refractivity contribution is -0.121. The lowest BCUT2D eigenvalue weighted by atomic mass is 9.96. The Morgan fingerprint density at radius 3 is 2.64 bits per heavy atom. The highest BCUT2D eigenvalue weighted by atomic mass is 16.5. The number of pyridine rings is 1. The maximum atomic E-state index is 12.0. The standard InChI is InChI=1S/C20H20N2O3/c1-3-17(23)22-18(14-6-9-15(25-2)10-7-14)16-11-8-13-5-4-12-21-19(13)20(16)24/h4-12,18,24H,3H2,1-2H3,(H,22,23). The second kappa shape index (κ2) is 7.21. The minimum absolute atomic E-state index is 0.0790. The quantitative estimate of drug-likeness (QED) is 0.747. The number of rotatable bonds is 5. The summed E-state index contributed by atoms with van der Waals surface area (Å²) in [5.74, 6) is 0.713. The first-order chi connectivity index (χ1) is 12.1. The number of phenols is 1. The lowest BCUT2D eigenvalue weighted by Crippen LogP contribution is -2.28. The fraction of sp³-hybridized carbons (Fsp3) is 0.200. The van der Waals surface area contributed by atoms with Gasteiger partial charge in [0.2, 0.25) is 5.91 Å². The molecule has 2 aromatic carbocycles. The van der Waals surface area contributed by atoms with Gasteiger partial charge < -0.3 is 15.2 Å². The molecule has 1 aromatic heterocycles. The summed E-state index contributed by atoms with van der Waals surface area (Å²) in [6, 6.07) is 14.4. The third-order valence-corrected chi connectivity index (χ3v) is 4.17. The van der Waals surface area contributed by atoms with E-state index in [1.807, 2.05) is 48.5 Å². The van der Waals surface area contributed by atoms with Crippen molar-refractivity contribution >= 4 is 16.8 Å². The van der Waals surface area contributed by atoms with Crippen LogP contribution >= 0.6 is 0 Å². The van der Waals surface area contributed by atoms with E-state index in [0.717, 1.165) is 16.7 Å². The molecule has 0 spiro atoms. The van der Waals surface area contributed by atoms with Crippen LogP contribution in [0.5, 0.6) is 11.5 Å². The van der Waals surface area contributed by atoms with Crippen molar-refractivity contribution in [2.24, 2.45) is 0 Å². The highest BCUT2D eigenvalue weighted by Crippen LogP contribution is 2.34. The zero-order valence-corrected chi connectivity index (χ0v) is 14.2. The number of nitrogens with zero attached hydrogens (tertiary/aromatic N) is 1. The third-order valence-electron chi connectivity index (χ3n) is 4.17. The molecule has 0 radical (unpaired) electrons. The number of ether oxygens (including phenoxy) is 1. The first-order valence-corrected chi connectivity index (χ1v) is 8.14. The van der Waals surface area contributed by atoms with Crippen LogP contribution in [-0.4, -0.2) is 23.1 Å². The van der Waals surface area contributed by atoms with Crippen LogP contribution in [0.25, 0.3) is 10.9 Å². The van der Waals surface area contributed by atoms with Gasteiger partial charge in [-0.25, -0.2) is 0 Å². The maximum Gasteiger partial charge on any atom is 0.220 e. The average molecular weight is 336 g/mol. The molecule has 0 fully saturated rings. The van der Waals surface area contributed by atoms with Crippen LogP contribution in [0.1, 0.15) is 30.5 Å². The number of amides is 1. The van der Waals surface area contributed by atoms with E-state index in [-0.39, 0.29) is 11.7 Å². The van der Waals surface area contributed by atoms with Crippen molar-refractivity contribution in [2.75, 3.05) is 7.11 Å². The van der Waals surface area contributed by atoms with Crippen molar-refractivity contribution in [1.29, 1.82) is 0 Å². The van der Waals surface area contributed by atoms with E-state index in [4.69, 9.17) is 4.74 Å². The first kappa shape index (κ1) is 16.8.